The van der Waals surface area contributed by atoms with Crippen molar-refractivity contribution in [2.45, 2.75) is 57.5 Å². The first-order valence-electron chi connectivity index (χ1n) is 9.52. The summed E-state index contributed by atoms with van der Waals surface area (Å²) in [5.74, 6) is 3.73. The summed E-state index contributed by atoms with van der Waals surface area (Å²) in [6, 6.07) is 0. The Morgan fingerprint density at radius 3 is 2.84 bits per heavy atom. The second kappa shape index (κ2) is 5.42. The van der Waals surface area contributed by atoms with Crippen molar-refractivity contribution in [2.24, 2.45) is 29.1 Å². The number of carbonyl (C=O) groups is 2. The van der Waals surface area contributed by atoms with Gasteiger partial charge in [-0.2, -0.15) is 0 Å². The molecule has 0 aromatic carbocycles. The van der Waals surface area contributed by atoms with Crippen LogP contribution in [0.15, 0.2) is 23.8 Å². The van der Waals surface area contributed by atoms with Crippen molar-refractivity contribution in [3.63, 3.8) is 0 Å². The van der Waals surface area contributed by atoms with Crippen LogP contribution in [0.3, 0.4) is 0 Å². The average molecular weight is 338 g/mol. The smallest absolute Gasteiger partial charge is 0.159 e. The fraction of sp³-hybridized carbons (Fsp3) is 0.636. The van der Waals surface area contributed by atoms with Gasteiger partial charge in [0.05, 0.1) is 0 Å². The molecule has 0 aliphatic heterocycles. The summed E-state index contributed by atoms with van der Waals surface area (Å²) in [6.07, 6.45) is 12.1. The maximum Gasteiger partial charge on any atom is 0.159 e. The van der Waals surface area contributed by atoms with Gasteiger partial charge in [0.15, 0.2) is 11.6 Å². The van der Waals surface area contributed by atoms with E-state index in [-0.39, 0.29) is 40.7 Å². The lowest BCUT2D eigenvalue weighted by atomic mass is 9.48. The van der Waals surface area contributed by atoms with Crippen molar-refractivity contribution in [1.29, 1.82) is 0 Å². The predicted molar refractivity (Wildman–Crippen MR) is 95.4 cm³/mol. The lowest BCUT2D eigenvalue weighted by molar-refractivity contribution is -0.127. The highest BCUT2D eigenvalue weighted by atomic mass is 16.3. The van der Waals surface area contributed by atoms with Crippen LogP contribution in [0, 0.1) is 41.4 Å². The molecule has 0 unspecified atom stereocenters. The minimum absolute atomic E-state index is 0.0740. The highest BCUT2D eigenvalue weighted by Gasteiger charge is 2.65. The zero-order valence-corrected chi connectivity index (χ0v) is 14.9. The van der Waals surface area contributed by atoms with Gasteiger partial charge in [-0.1, -0.05) is 25.0 Å². The average Bonchev–Trinajstić information content (AvgIpc) is 2.89. The van der Waals surface area contributed by atoms with Crippen LogP contribution in [0.2, 0.25) is 0 Å². The first-order chi connectivity index (χ1) is 11.9. The molecule has 0 saturated heterocycles. The van der Waals surface area contributed by atoms with E-state index in [1.54, 1.807) is 6.08 Å². The Morgan fingerprint density at radius 2 is 2.16 bits per heavy atom. The number of allylic oxidation sites excluding steroid dienone is 2. The normalized spacial score (nSPS) is 46.0. The van der Waals surface area contributed by atoms with Gasteiger partial charge in [-0.15, -0.1) is 6.42 Å². The summed E-state index contributed by atoms with van der Waals surface area (Å²) in [7, 11) is 0. The highest BCUT2D eigenvalue weighted by Crippen LogP contribution is 2.66. The third-order valence-corrected chi connectivity index (χ3v) is 7.81. The molecule has 0 heterocycles. The lowest BCUT2D eigenvalue weighted by Crippen LogP contribution is -2.55. The maximum atomic E-state index is 12.8. The topological polar surface area (TPSA) is 54.4 Å². The molecule has 132 valence electrons. The number of ketones is 2. The molecule has 0 bridgehead atoms. The highest BCUT2D eigenvalue weighted by molar-refractivity contribution is 6.05. The standard InChI is InChI=1S/C22H26O3/c1-4-21-12-13(3)20-15-7-6-14(23)10-16(15)19(24)11-17(20)18(21)8-9-22(21,25)5-2/h2,10,15,17-18,20,25H,3-4,6-9,11-12H2,1H3/t15-,17-,18-,20+,21-,22-/m0/s1. The second-order valence-electron chi connectivity index (χ2n) is 8.52. The zero-order valence-electron chi connectivity index (χ0n) is 14.9. The van der Waals surface area contributed by atoms with E-state index in [2.05, 4.69) is 19.4 Å². The summed E-state index contributed by atoms with van der Waals surface area (Å²) >= 11 is 0. The molecule has 4 aliphatic carbocycles. The summed E-state index contributed by atoms with van der Waals surface area (Å²) < 4.78 is 0. The lowest BCUT2D eigenvalue weighted by Gasteiger charge is -2.56. The molecule has 3 heteroatoms. The molecular formula is C22H26O3. The number of rotatable bonds is 1. The molecule has 0 aromatic heterocycles. The van der Waals surface area contributed by atoms with E-state index in [0.717, 1.165) is 36.8 Å². The molecule has 4 aliphatic rings. The van der Waals surface area contributed by atoms with Gasteiger partial charge in [0.1, 0.15) is 5.60 Å². The Bertz CT molecular complexity index is 739. The van der Waals surface area contributed by atoms with E-state index in [0.29, 0.717) is 19.3 Å². The molecule has 3 fully saturated rings. The van der Waals surface area contributed by atoms with Gasteiger partial charge < -0.3 is 5.11 Å². The predicted octanol–water partition coefficient (Wildman–Crippen LogP) is 3.23. The van der Waals surface area contributed by atoms with Crippen LogP contribution in [-0.4, -0.2) is 22.3 Å². The largest absolute Gasteiger partial charge is 0.377 e. The molecule has 3 saturated carbocycles. The fourth-order valence-electron chi connectivity index (χ4n) is 6.72. The summed E-state index contributed by atoms with van der Waals surface area (Å²) in [5.41, 5.74) is 0.401. The van der Waals surface area contributed by atoms with Gasteiger partial charge >= 0.3 is 0 Å². The van der Waals surface area contributed by atoms with E-state index in [1.165, 1.54) is 0 Å². The van der Waals surface area contributed by atoms with Crippen molar-refractivity contribution >= 4 is 11.6 Å². The van der Waals surface area contributed by atoms with E-state index in [9.17, 15) is 14.7 Å². The molecule has 0 radical (unpaired) electrons. The Labute approximate surface area is 149 Å². The Kier molecular flexibility index (Phi) is 3.64. The van der Waals surface area contributed by atoms with Crippen LogP contribution in [0.4, 0.5) is 0 Å². The molecule has 1 N–H and O–H groups in total. The zero-order chi connectivity index (χ0) is 18.0. The Hall–Kier alpha value is -1.66. The molecule has 0 amide bonds. The van der Waals surface area contributed by atoms with Crippen LogP contribution >= 0.6 is 0 Å². The number of aliphatic hydroxyl groups is 1. The number of terminal acetylenes is 1. The summed E-state index contributed by atoms with van der Waals surface area (Å²) in [5, 5.41) is 11.2. The van der Waals surface area contributed by atoms with Gasteiger partial charge in [-0.05, 0) is 61.9 Å². The number of carbonyl (C=O) groups excluding carboxylic acids is 2. The van der Waals surface area contributed by atoms with Gasteiger partial charge in [0.2, 0.25) is 0 Å². The van der Waals surface area contributed by atoms with Gasteiger partial charge in [0.25, 0.3) is 0 Å². The van der Waals surface area contributed by atoms with Crippen molar-refractivity contribution < 1.29 is 14.7 Å². The van der Waals surface area contributed by atoms with E-state index < -0.39 is 5.60 Å². The third kappa shape index (κ3) is 2.04. The molecule has 25 heavy (non-hydrogen) atoms. The van der Waals surface area contributed by atoms with Crippen LogP contribution in [-0.2, 0) is 9.59 Å². The number of hydrogen-bond acceptors (Lipinski definition) is 3. The van der Waals surface area contributed by atoms with Crippen LogP contribution in [0.5, 0.6) is 0 Å². The third-order valence-electron chi connectivity index (χ3n) is 7.81. The minimum Gasteiger partial charge on any atom is -0.377 e. The first kappa shape index (κ1) is 16.8. The molecular weight excluding hydrogens is 312 g/mol. The van der Waals surface area contributed by atoms with E-state index in [4.69, 9.17) is 6.42 Å². The summed E-state index contributed by atoms with van der Waals surface area (Å²) in [6.45, 7) is 6.48. The Morgan fingerprint density at radius 1 is 1.40 bits per heavy atom. The van der Waals surface area contributed by atoms with Crippen molar-refractivity contribution in [3.05, 3.63) is 23.8 Å². The number of fused-ring (bicyclic) bond motifs is 5. The fourth-order valence-corrected chi connectivity index (χ4v) is 6.72. The number of hydrogen-bond donors (Lipinski definition) is 1. The maximum absolute atomic E-state index is 12.8. The van der Waals surface area contributed by atoms with E-state index >= 15 is 0 Å². The van der Waals surface area contributed by atoms with Crippen molar-refractivity contribution in [2.75, 3.05) is 0 Å². The van der Waals surface area contributed by atoms with Crippen LogP contribution in [0.1, 0.15) is 51.9 Å². The van der Waals surface area contributed by atoms with Gasteiger partial charge in [-0.25, -0.2) is 0 Å². The van der Waals surface area contributed by atoms with Crippen LogP contribution in [0.25, 0.3) is 0 Å². The Balaban J connectivity index is 1.79. The second-order valence-corrected chi connectivity index (χ2v) is 8.52. The first-order valence-corrected chi connectivity index (χ1v) is 9.52. The van der Waals surface area contributed by atoms with Crippen molar-refractivity contribution in [3.8, 4) is 12.3 Å². The van der Waals surface area contributed by atoms with Gasteiger partial charge in [0, 0.05) is 23.8 Å². The molecule has 4 rings (SSSR count). The molecule has 0 aromatic rings. The summed E-state index contributed by atoms with van der Waals surface area (Å²) in [4.78, 5) is 24.6. The molecule has 3 nitrogen and oxygen atoms in total. The number of Topliss-reactive ketones (excluding diaryl/α,β-unsaturated/α-hetero) is 1. The van der Waals surface area contributed by atoms with Gasteiger partial charge in [-0.3, -0.25) is 9.59 Å². The quantitative estimate of drug-likeness (QED) is 0.590. The SMILES string of the molecule is C#C[C@]1(O)CC[C@H]2[C@@H]3CC(=O)C4=CC(=O)CC[C@@H]4[C@H]3C(=C)C[C@@]21CC. The molecule has 6 atom stereocenters. The van der Waals surface area contributed by atoms with E-state index in [1.807, 2.05) is 0 Å². The molecule has 0 spiro atoms. The monoisotopic (exact) mass is 338 g/mol. The van der Waals surface area contributed by atoms with Crippen molar-refractivity contribution in [1.82, 2.24) is 0 Å². The van der Waals surface area contributed by atoms with Crippen LogP contribution < -0.4 is 0 Å². The minimum atomic E-state index is -1.10.